The van der Waals surface area contributed by atoms with E-state index in [-0.39, 0.29) is 12.5 Å². The van der Waals surface area contributed by atoms with Gasteiger partial charge in [-0.1, -0.05) is 56.0 Å². The number of carbonyl (C=O) groups excluding carboxylic acids is 1. The number of nitrogens with zero attached hydrogens (tertiary/aromatic N) is 4. The van der Waals surface area contributed by atoms with E-state index in [1.54, 1.807) is 18.5 Å². The number of hydrogen-bond donors (Lipinski definition) is 0. The first kappa shape index (κ1) is 22.3. The van der Waals surface area contributed by atoms with Crippen molar-refractivity contribution in [2.45, 2.75) is 33.0 Å². The Hall–Kier alpha value is -2.04. The molecule has 0 fully saturated rings. The number of ether oxygens (including phenoxy) is 1. The molecule has 1 heterocycles. The van der Waals surface area contributed by atoms with Gasteiger partial charge in [0, 0.05) is 5.41 Å². The van der Waals surface area contributed by atoms with Crippen LogP contribution in [-0.2, 0) is 32.6 Å². The van der Waals surface area contributed by atoms with Crippen LogP contribution >= 0.6 is 15.9 Å². The number of rotatable bonds is 9. The Morgan fingerprint density at radius 3 is 2.54 bits per heavy atom. The SMILES string of the molecule is C=CS(=O)(=O)N(Cc1nnn(Cc2ccccc2)c1Br)[C@H](C(=O)OC)C(C)C. The first-order chi connectivity index (χ1) is 13.2. The number of esters is 1. The highest BCUT2D eigenvalue weighted by Crippen LogP contribution is 2.24. The van der Waals surface area contributed by atoms with Gasteiger partial charge in [-0.25, -0.2) is 13.1 Å². The first-order valence-electron chi connectivity index (χ1n) is 8.55. The minimum atomic E-state index is -3.93. The summed E-state index contributed by atoms with van der Waals surface area (Å²) in [4.78, 5) is 12.3. The van der Waals surface area contributed by atoms with Gasteiger partial charge in [0.15, 0.2) is 0 Å². The van der Waals surface area contributed by atoms with Gasteiger partial charge in [0.05, 0.1) is 20.2 Å². The van der Waals surface area contributed by atoms with Crippen LogP contribution in [-0.4, -0.2) is 46.8 Å². The summed E-state index contributed by atoms with van der Waals surface area (Å²) in [5.74, 6) is -0.964. The van der Waals surface area contributed by atoms with E-state index in [0.29, 0.717) is 16.8 Å². The summed E-state index contributed by atoms with van der Waals surface area (Å²) < 4.78 is 33.2. The highest BCUT2D eigenvalue weighted by atomic mass is 79.9. The summed E-state index contributed by atoms with van der Waals surface area (Å²) >= 11 is 3.44. The van der Waals surface area contributed by atoms with Gasteiger partial charge in [0.2, 0.25) is 10.0 Å². The summed E-state index contributed by atoms with van der Waals surface area (Å²) in [5.41, 5.74) is 1.40. The van der Waals surface area contributed by atoms with Gasteiger partial charge >= 0.3 is 5.97 Å². The molecule has 152 valence electrons. The highest BCUT2D eigenvalue weighted by Gasteiger charge is 2.37. The maximum absolute atomic E-state index is 12.6. The molecule has 0 aliphatic rings. The van der Waals surface area contributed by atoms with E-state index in [2.05, 4.69) is 32.8 Å². The number of hydrogen-bond acceptors (Lipinski definition) is 6. The fourth-order valence-electron chi connectivity index (χ4n) is 2.72. The normalized spacial score (nSPS) is 12.9. The summed E-state index contributed by atoms with van der Waals surface area (Å²) in [5, 5.41) is 9.01. The van der Waals surface area contributed by atoms with Crippen molar-refractivity contribution in [3.05, 3.63) is 58.2 Å². The first-order valence-corrected chi connectivity index (χ1v) is 10.8. The monoisotopic (exact) mass is 470 g/mol. The number of carbonyl (C=O) groups is 1. The van der Waals surface area contributed by atoms with Gasteiger partial charge in [-0.05, 0) is 27.4 Å². The number of aromatic nitrogens is 3. The molecule has 2 aromatic rings. The van der Waals surface area contributed by atoms with Crippen molar-refractivity contribution in [2.24, 2.45) is 5.92 Å². The lowest BCUT2D eigenvalue weighted by molar-refractivity contribution is -0.146. The molecule has 28 heavy (non-hydrogen) atoms. The van der Waals surface area contributed by atoms with E-state index >= 15 is 0 Å². The number of methoxy groups -OCH3 is 1. The van der Waals surface area contributed by atoms with Crippen LogP contribution in [0.5, 0.6) is 0 Å². The molecule has 0 aliphatic carbocycles. The van der Waals surface area contributed by atoms with E-state index in [0.717, 1.165) is 15.3 Å². The second kappa shape index (κ2) is 9.44. The Kier molecular flexibility index (Phi) is 7.50. The number of sulfonamides is 1. The van der Waals surface area contributed by atoms with E-state index in [4.69, 9.17) is 4.74 Å². The lowest BCUT2D eigenvalue weighted by Gasteiger charge is -2.29. The van der Waals surface area contributed by atoms with Crippen LogP contribution in [0, 0.1) is 5.92 Å². The Balaban J connectivity index is 2.37. The van der Waals surface area contributed by atoms with Crippen LogP contribution in [0.2, 0.25) is 0 Å². The molecule has 0 unspecified atom stereocenters. The smallest absolute Gasteiger partial charge is 0.324 e. The molecule has 0 bridgehead atoms. The largest absolute Gasteiger partial charge is 0.468 e. The minimum absolute atomic E-state index is 0.151. The average Bonchev–Trinajstić information content (AvgIpc) is 3.01. The maximum atomic E-state index is 12.6. The lowest BCUT2D eigenvalue weighted by atomic mass is 10.0. The molecule has 0 saturated carbocycles. The zero-order valence-corrected chi connectivity index (χ0v) is 18.4. The van der Waals surface area contributed by atoms with Crippen molar-refractivity contribution in [1.29, 1.82) is 0 Å². The maximum Gasteiger partial charge on any atom is 0.324 e. The molecule has 0 spiro atoms. The summed E-state index contributed by atoms with van der Waals surface area (Å²) in [7, 11) is -2.70. The lowest BCUT2D eigenvalue weighted by Crippen LogP contribution is -2.47. The fraction of sp³-hybridized carbons (Fsp3) is 0.389. The fourth-order valence-corrected chi connectivity index (χ4v) is 4.27. The van der Waals surface area contributed by atoms with Crippen LogP contribution in [0.15, 0.2) is 46.9 Å². The van der Waals surface area contributed by atoms with Crippen molar-refractivity contribution in [3.63, 3.8) is 0 Å². The standard InChI is InChI=1S/C18H23BrN4O4S/c1-5-28(25,26)23(16(13(2)3)18(24)27-4)12-15-17(19)22(21-20-15)11-14-9-7-6-8-10-14/h5-10,13,16H,1,11-12H2,2-4H3/t16-/m0/s1. The quantitative estimate of drug-likeness (QED) is 0.522. The van der Waals surface area contributed by atoms with Crippen molar-refractivity contribution in [3.8, 4) is 0 Å². The van der Waals surface area contributed by atoms with Crippen molar-refractivity contribution >= 4 is 31.9 Å². The predicted molar refractivity (Wildman–Crippen MR) is 109 cm³/mol. The topological polar surface area (TPSA) is 94.4 Å². The molecule has 0 radical (unpaired) electrons. The van der Waals surface area contributed by atoms with E-state index in [1.807, 2.05) is 30.3 Å². The van der Waals surface area contributed by atoms with Gasteiger partial charge < -0.3 is 4.74 Å². The average molecular weight is 471 g/mol. The van der Waals surface area contributed by atoms with E-state index < -0.39 is 22.0 Å². The summed E-state index contributed by atoms with van der Waals surface area (Å²) in [6, 6.07) is 8.65. The third kappa shape index (κ3) is 5.06. The molecule has 2 rings (SSSR count). The molecule has 1 atom stereocenters. The highest BCUT2D eigenvalue weighted by molar-refractivity contribution is 9.10. The summed E-state index contributed by atoms with van der Waals surface area (Å²) in [6.07, 6.45) is 0. The van der Waals surface area contributed by atoms with Crippen molar-refractivity contribution < 1.29 is 17.9 Å². The van der Waals surface area contributed by atoms with E-state index in [1.165, 1.54) is 7.11 Å². The summed E-state index contributed by atoms with van der Waals surface area (Å²) in [6.45, 7) is 7.17. The molecule has 0 amide bonds. The van der Waals surface area contributed by atoms with Crippen LogP contribution in [0.3, 0.4) is 0 Å². The zero-order chi connectivity index (χ0) is 20.9. The second-order valence-electron chi connectivity index (χ2n) is 6.44. The van der Waals surface area contributed by atoms with Crippen LogP contribution < -0.4 is 0 Å². The van der Waals surface area contributed by atoms with Gasteiger partial charge in [-0.3, -0.25) is 4.79 Å². The van der Waals surface area contributed by atoms with Crippen LogP contribution in [0.1, 0.15) is 25.1 Å². The van der Waals surface area contributed by atoms with Crippen molar-refractivity contribution in [2.75, 3.05) is 7.11 Å². The molecule has 8 nitrogen and oxygen atoms in total. The molecule has 1 aromatic carbocycles. The second-order valence-corrected chi connectivity index (χ2v) is 9.02. The van der Waals surface area contributed by atoms with E-state index in [9.17, 15) is 13.2 Å². The molecule has 1 aromatic heterocycles. The number of benzene rings is 1. The molecule has 10 heteroatoms. The Labute approximate surface area is 173 Å². The molecule has 0 N–H and O–H groups in total. The van der Waals surface area contributed by atoms with Gasteiger partial charge in [0.1, 0.15) is 16.3 Å². The zero-order valence-electron chi connectivity index (χ0n) is 15.9. The number of halogens is 1. The molecule has 0 saturated heterocycles. The molecular formula is C18H23BrN4O4S. The Morgan fingerprint density at radius 1 is 1.36 bits per heavy atom. The van der Waals surface area contributed by atoms with Gasteiger partial charge in [-0.2, -0.15) is 4.31 Å². The minimum Gasteiger partial charge on any atom is -0.468 e. The molecule has 0 aliphatic heterocycles. The van der Waals surface area contributed by atoms with Gasteiger partial charge in [0.25, 0.3) is 0 Å². The van der Waals surface area contributed by atoms with Crippen LogP contribution in [0.4, 0.5) is 0 Å². The predicted octanol–water partition coefficient (Wildman–Crippen LogP) is 2.56. The van der Waals surface area contributed by atoms with Crippen molar-refractivity contribution in [1.82, 2.24) is 19.3 Å². The Morgan fingerprint density at radius 2 is 2.00 bits per heavy atom. The third-order valence-corrected chi connectivity index (χ3v) is 6.44. The Bertz CT molecular complexity index is 928. The van der Waals surface area contributed by atoms with Crippen LogP contribution in [0.25, 0.3) is 0 Å². The third-order valence-electron chi connectivity index (χ3n) is 4.14. The van der Waals surface area contributed by atoms with Gasteiger partial charge in [-0.15, -0.1) is 5.10 Å². The molecular weight excluding hydrogens is 448 g/mol.